The van der Waals surface area contributed by atoms with E-state index in [1.807, 2.05) is 0 Å². The number of carbonyl (C=O) groups excluding carboxylic acids is 1. The van der Waals surface area contributed by atoms with Gasteiger partial charge in [0.15, 0.2) is 11.5 Å². The molecule has 0 bridgehead atoms. The summed E-state index contributed by atoms with van der Waals surface area (Å²) in [5, 5.41) is 28.5. The van der Waals surface area contributed by atoms with Crippen LogP contribution in [0.15, 0.2) is 29.5 Å². The number of benzene rings is 1. The van der Waals surface area contributed by atoms with Gasteiger partial charge < -0.3 is 9.84 Å². The van der Waals surface area contributed by atoms with E-state index >= 15 is 0 Å². The maximum absolute atomic E-state index is 11.7. The van der Waals surface area contributed by atoms with Gasteiger partial charge in [-0.25, -0.2) is 5.43 Å². The summed E-state index contributed by atoms with van der Waals surface area (Å²) < 4.78 is 6.31. The summed E-state index contributed by atoms with van der Waals surface area (Å²) in [4.78, 5) is 22.0. The molecule has 1 aromatic carbocycles. The molecule has 0 aliphatic rings. The molecule has 10 nitrogen and oxygen atoms in total. The fourth-order valence-electron chi connectivity index (χ4n) is 1.88. The molecule has 2 rings (SSSR count). The van der Waals surface area contributed by atoms with Crippen molar-refractivity contribution < 1.29 is 19.6 Å². The molecule has 0 atom stereocenters. The van der Waals surface area contributed by atoms with Crippen molar-refractivity contribution in [2.75, 3.05) is 7.11 Å². The number of hydrogen-bond donors (Lipinski definition) is 2. The van der Waals surface area contributed by atoms with Gasteiger partial charge in [-0.05, 0) is 13.0 Å². The maximum Gasteiger partial charge on any atom is 0.274 e. The molecule has 1 amide bonds. The molecular formula is C14H15N5O5. The standard InChI is InChI=1S/C14H15N5O5/c1-9-3-4-18(17-9)8-13(20)16-15-7-10-5-11(19(22)23)6-12(24-2)14(10)21/h3-7,21H,8H2,1-2H3,(H,16,20). The SMILES string of the molecule is COc1cc([N+](=O)[O-])cc(C=NNC(=O)Cn2ccc(C)n2)c1O. The van der Waals surface area contributed by atoms with E-state index in [1.54, 1.807) is 19.2 Å². The van der Waals surface area contributed by atoms with E-state index in [4.69, 9.17) is 4.74 Å². The van der Waals surface area contributed by atoms with Crippen LogP contribution in [0.1, 0.15) is 11.3 Å². The number of methoxy groups -OCH3 is 1. The first kappa shape index (κ1) is 16.9. The Balaban J connectivity index is 2.09. The lowest BCUT2D eigenvalue weighted by Crippen LogP contribution is -2.23. The van der Waals surface area contributed by atoms with Gasteiger partial charge in [-0.1, -0.05) is 0 Å². The van der Waals surface area contributed by atoms with E-state index in [2.05, 4.69) is 15.6 Å². The van der Waals surface area contributed by atoms with Gasteiger partial charge in [-0.3, -0.25) is 19.6 Å². The molecule has 0 aliphatic heterocycles. The first-order valence-electron chi connectivity index (χ1n) is 6.78. The quantitative estimate of drug-likeness (QED) is 0.460. The summed E-state index contributed by atoms with van der Waals surface area (Å²) in [6.45, 7) is 1.76. The van der Waals surface area contributed by atoms with Crippen LogP contribution in [-0.2, 0) is 11.3 Å². The lowest BCUT2D eigenvalue weighted by molar-refractivity contribution is -0.385. The number of amides is 1. The summed E-state index contributed by atoms with van der Waals surface area (Å²) >= 11 is 0. The van der Waals surface area contributed by atoms with Crippen molar-refractivity contribution in [2.24, 2.45) is 5.10 Å². The normalized spacial score (nSPS) is 10.8. The van der Waals surface area contributed by atoms with E-state index < -0.39 is 10.8 Å². The zero-order valence-corrected chi connectivity index (χ0v) is 13.0. The highest BCUT2D eigenvalue weighted by Crippen LogP contribution is 2.33. The van der Waals surface area contributed by atoms with E-state index in [0.29, 0.717) is 0 Å². The van der Waals surface area contributed by atoms with Crippen LogP contribution in [0.2, 0.25) is 0 Å². The minimum Gasteiger partial charge on any atom is -0.504 e. The Kier molecular flexibility index (Phi) is 5.09. The van der Waals surface area contributed by atoms with Crippen LogP contribution in [-0.4, -0.2) is 39.0 Å². The number of nitrogens with one attached hydrogen (secondary N) is 1. The molecule has 0 aliphatic carbocycles. The van der Waals surface area contributed by atoms with Crippen molar-refractivity contribution in [1.29, 1.82) is 0 Å². The molecule has 2 N–H and O–H groups in total. The molecule has 0 spiro atoms. The Hall–Kier alpha value is -3.43. The number of phenolic OH excluding ortho intramolecular Hbond substituents is 1. The highest BCUT2D eigenvalue weighted by atomic mass is 16.6. The zero-order valence-electron chi connectivity index (χ0n) is 13.0. The van der Waals surface area contributed by atoms with Gasteiger partial charge >= 0.3 is 0 Å². The van der Waals surface area contributed by atoms with E-state index in [9.17, 15) is 20.0 Å². The second kappa shape index (κ2) is 7.22. The van der Waals surface area contributed by atoms with Gasteiger partial charge in [0, 0.05) is 17.8 Å². The highest BCUT2D eigenvalue weighted by Gasteiger charge is 2.15. The number of carbonyl (C=O) groups is 1. The van der Waals surface area contributed by atoms with Crippen LogP contribution in [0.5, 0.6) is 11.5 Å². The van der Waals surface area contributed by atoms with Crippen LogP contribution in [0.3, 0.4) is 0 Å². The number of phenols is 1. The molecule has 10 heteroatoms. The van der Waals surface area contributed by atoms with Gasteiger partial charge in [-0.15, -0.1) is 0 Å². The fraction of sp³-hybridized carbons (Fsp3) is 0.214. The molecular weight excluding hydrogens is 318 g/mol. The number of nitrogens with zero attached hydrogens (tertiary/aromatic N) is 4. The van der Waals surface area contributed by atoms with Gasteiger partial charge in [0.25, 0.3) is 11.6 Å². The zero-order chi connectivity index (χ0) is 17.7. The molecule has 0 saturated carbocycles. The van der Waals surface area contributed by atoms with Gasteiger partial charge in [0.1, 0.15) is 6.54 Å². The summed E-state index contributed by atoms with van der Waals surface area (Å²) in [6.07, 6.45) is 2.74. The molecule has 1 aromatic heterocycles. The first-order chi connectivity index (χ1) is 11.4. The van der Waals surface area contributed by atoms with E-state index in [1.165, 1.54) is 11.8 Å². The smallest absolute Gasteiger partial charge is 0.274 e. The van der Waals surface area contributed by atoms with Crippen molar-refractivity contribution in [2.45, 2.75) is 13.5 Å². The number of aryl methyl sites for hydroxylation is 1. The molecule has 0 fully saturated rings. The third kappa shape index (κ3) is 4.06. The Labute approximate surface area is 136 Å². The van der Waals surface area contributed by atoms with Crippen LogP contribution in [0.25, 0.3) is 0 Å². The van der Waals surface area contributed by atoms with Crippen molar-refractivity contribution in [3.8, 4) is 11.5 Å². The van der Waals surface area contributed by atoms with Crippen LogP contribution < -0.4 is 10.2 Å². The maximum atomic E-state index is 11.7. The van der Waals surface area contributed by atoms with Crippen LogP contribution in [0.4, 0.5) is 5.69 Å². The lowest BCUT2D eigenvalue weighted by Gasteiger charge is -2.06. The molecule has 2 aromatic rings. The van der Waals surface area contributed by atoms with Crippen LogP contribution >= 0.6 is 0 Å². The number of non-ortho nitro benzene ring substituents is 1. The molecule has 0 radical (unpaired) electrons. The Morgan fingerprint density at radius 2 is 2.33 bits per heavy atom. The average molecular weight is 333 g/mol. The fourth-order valence-corrected chi connectivity index (χ4v) is 1.88. The molecule has 0 saturated heterocycles. The van der Waals surface area contributed by atoms with Crippen molar-refractivity contribution in [1.82, 2.24) is 15.2 Å². The molecule has 24 heavy (non-hydrogen) atoms. The Bertz CT molecular complexity index is 799. The van der Waals surface area contributed by atoms with E-state index in [-0.39, 0.29) is 29.3 Å². The minimum absolute atomic E-state index is 0.0323. The number of hydrazone groups is 1. The Morgan fingerprint density at radius 3 is 2.92 bits per heavy atom. The largest absolute Gasteiger partial charge is 0.504 e. The third-order valence-electron chi connectivity index (χ3n) is 2.99. The number of rotatable bonds is 6. The summed E-state index contributed by atoms with van der Waals surface area (Å²) in [7, 11) is 1.27. The second-order valence-electron chi connectivity index (χ2n) is 4.79. The average Bonchev–Trinajstić information content (AvgIpc) is 2.93. The number of nitro groups is 1. The van der Waals surface area contributed by atoms with Gasteiger partial charge in [-0.2, -0.15) is 10.2 Å². The molecule has 126 valence electrons. The minimum atomic E-state index is -0.627. The number of nitro benzene ring substituents is 1. The van der Waals surface area contributed by atoms with Crippen molar-refractivity contribution in [3.63, 3.8) is 0 Å². The highest BCUT2D eigenvalue weighted by molar-refractivity contribution is 5.87. The van der Waals surface area contributed by atoms with Gasteiger partial charge in [0.2, 0.25) is 0 Å². The first-order valence-corrected chi connectivity index (χ1v) is 6.78. The number of aromatic nitrogens is 2. The summed E-state index contributed by atoms with van der Waals surface area (Å²) in [6, 6.07) is 3.96. The monoisotopic (exact) mass is 333 g/mol. The third-order valence-corrected chi connectivity index (χ3v) is 2.99. The van der Waals surface area contributed by atoms with Crippen molar-refractivity contribution >= 4 is 17.8 Å². The predicted octanol–water partition coefficient (Wildman–Crippen LogP) is 0.964. The number of aromatic hydroxyl groups is 1. The lowest BCUT2D eigenvalue weighted by atomic mass is 10.2. The summed E-state index contributed by atoms with van der Waals surface area (Å²) in [5.41, 5.74) is 2.79. The molecule has 0 unspecified atom stereocenters. The summed E-state index contributed by atoms with van der Waals surface area (Å²) in [5.74, 6) is -0.820. The van der Waals surface area contributed by atoms with E-state index in [0.717, 1.165) is 24.0 Å². The molecule has 1 heterocycles. The second-order valence-corrected chi connectivity index (χ2v) is 4.79. The number of hydrogen-bond acceptors (Lipinski definition) is 7. The van der Waals surface area contributed by atoms with Crippen molar-refractivity contribution in [3.05, 3.63) is 45.8 Å². The predicted molar refractivity (Wildman–Crippen MR) is 84.0 cm³/mol. The van der Waals surface area contributed by atoms with Gasteiger partial charge in [0.05, 0.1) is 30.0 Å². The van der Waals surface area contributed by atoms with Crippen LogP contribution in [0, 0.1) is 17.0 Å². The number of ether oxygens (including phenoxy) is 1. The topological polar surface area (TPSA) is 132 Å². The Morgan fingerprint density at radius 1 is 1.58 bits per heavy atom.